The normalized spacial score (nSPS) is 18.2. The molecule has 1 amide bonds. The van der Waals surface area contributed by atoms with Crippen LogP contribution in [0.25, 0.3) is 0 Å². The van der Waals surface area contributed by atoms with E-state index in [1.165, 1.54) is 0 Å². The van der Waals surface area contributed by atoms with Crippen molar-refractivity contribution in [1.82, 2.24) is 15.3 Å². The second-order valence-electron chi connectivity index (χ2n) is 5.64. The highest BCUT2D eigenvalue weighted by Gasteiger charge is 2.32. The third-order valence-corrected chi connectivity index (χ3v) is 3.86. The number of hydrogen-bond acceptors (Lipinski definition) is 6. The third kappa shape index (κ3) is 2.92. The maximum Gasteiger partial charge on any atom is 0.242 e. The monoisotopic (exact) mass is 292 g/mol. The van der Waals surface area contributed by atoms with Crippen LogP contribution in [0.2, 0.25) is 0 Å². The Morgan fingerprint density at radius 1 is 1.43 bits per heavy atom. The lowest BCUT2D eigenvalue weighted by atomic mass is 10.1. The fourth-order valence-corrected chi connectivity index (χ4v) is 2.66. The van der Waals surface area contributed by atoms with E-state index in [9.17, 15) is 4.79 Å². The number of nitrogens with zero attached hydrogens (tertiary/aromatic N) is 3. The second kappa shape index (κ2) is 6.26. The quantitative estimate of drug-likeness (QED) is 0.564. The molecule has 0 spiro atoms. The van der Waals surface area contributed by atoms with Crippen molar-refractivity contribution in [3.05, 3.63) is 11.4 Å². The van der Waals surface area contributed by atoms with Gasteiger partial charge in [0.25, 0.3) is 0 Å². The third-order valence-electron chi connectivity index (χ3n) is 3.86. The van der Waals surface area contributed by atoms with E-state index < -0.39 is 0 Å². The van der Waals surface area contributed by atoms with Crippen LogP contribution < -0.4 is 21.5 Å². The minimum Gasteiger partial charge on any atom is -0.357 e. The van der Waals surface area contributed by atoms with E-state index in [1.807, 2.05) is 20.8 Å². The van der Waals surface area contributed by atoms with Crippen LogP contribution in [0.3, 0.4) is 0 Å². The lowest BCUT2D eigenvalue weighted by molar-refractivity contribution is -0.121. The van der Waals surface area contributed by atoms with Gasteiger partial charge in [0.2, 0.25) is 5.91 Å². The molecule has 7 heteroatoms. The molecule has 116 valence electrons. The van der Waals surface area contributed by atoms with E-state index in [0.717, 1.165) is 36.6 Å². The van der Waals surface area contributed by atoms with Gasteiger partial charge in [-0.15, -0.1) is 0 Å². The van der Waals surface area contributed by atoms with E-state index in [0.29, 0.717) is 5.82 Å². The first-order valence-electron chi connectivity index (χ1n) is 7.33. The van der Waals surface area contributed by atoms with Crippen molar-refractivity contribution in [2.75, 3.05) is 23.9 Å². The minimum absolute atomic E-state index is 0.0267. The number of rotatable bonds is 4. The summed E-state index contributed by atoms with van der Waals surface area (Å²) in [5.41, 5.74) is 3.51. The van der Waals surface area contributed by atoms with Gasteiger partial charge in [-0.1, -0.05) is 13.8 Å². The van der Waals surface area contributed by atoms with E-state index in [4.69, 9.17) is 5.84 Å². The number of hydrazine groups is 1. The number of hydrogen-bond donors (Lipinski definition) is 3. The van der Waals surface area contributed by atoms with Gasteiger partial charge in [0.05, 0.1) is 0 Å². The standard InChI is InChI=1S/C14H24N6O/c1-8(2)11-17-12(19-15)9(3)13(18-11)20-7-5-6-10(20)14(21)16-4/h8,10H,5-7,15H2,1-4H3,(H,16,21)(H,17,18,19). The topological polar surface area (TPSA) is 96.2 Å². The molecule has 4 N–H and O–H groups in total. The van der Waals surface area contributed by atoms with Gasteiger partial charge >= 0.3 is 0 Å². The Labute approximate surface area is 125 Å². The van der Waals surface area contributed by atoms with Gasteiger partial charge in [-0.3, -0.25) is 4.79 Å². The smallest absolute Gasteiger partial charge is 0.242 e. The molecule has 1 saturated heterocycles. The van der Waals surface area contributed by atoms with E-state index in [-0.39, 0.29) is 17.9 Å². The van der Waals surface area contributed by atoms with Gasteiger partial charge in [-0.05, 0) is 19.8 Å². The second-order valence-corrected chi connectivity index (χ2v) is 5.64. The lowest BCUT2D eigenvalue weighted by Crippen LogP contribution is -2.42. The molecule has 1 aliphatic heterocycles. The van der Waals surface area contributed by atoms with Crippen molar-refractivity contribution < 1.29 is 4.79 Å². The molecule has 0 aliphatic carbocycles. The van der Waals surface area contributed by atoms with Crippen molar-refractivity contribution in [1.29, 1.82) is 0 Å². The van der Waals surface area contributed by atoms with E-state index >= 15 is 0 Å². The molecular formula is C14H24N6O. The van der Waals surface area contributed by atoms with Crippen molar-refractivity contribution >= 4 is 17.5 Å². The first kappa shape index (κ1) is 15.5. The number of anilines is 2. The molecular weight excluding hydrogens is 268 g/mol. The van der Waals surface area contributed by atoms with Crippen molar-refractivity contribution in [2.24, 2.45) is 5.84 Å². The molecule has 7 nitrogen and oxygen atoms in total. The van der Waals surface area contributed by atoms with Crippen LogP contribution in [0.15, 0.2) is 0 Å². The number of nitrogens with one attached hydrogen (secondary N) is 2. The summed E-state index contributed by atoms with van der Waals surface area (Å²) < 4.78 is 0. The van der Waals surface area contributed by atoms with Crippen LogP contribution in [0.1, 0.15) is 44.0 Å². The number of carbonyl (C=O) groups excluding carboxylic acids is 1. The highest BCUT2D eigenvalue weighted by molar-refractivity contribution is 5.85. The van der Waals surface area contributed by atoms with Gasteiger partial charge in [0, 0.05) is 25.1 Å². The average Bonchev–Trinajstić information content (AvgIpc) is 2.95. The SMILES string of the molecule is CNC(=O)C1CCCN1c1nc(C(C)C)nc(NN)c1C. The fourth-order valence-electron chi connectivity index (χ4n) is 2.66. The number of aromatic nitrogens is 2. The lowest BCUT2D eigenvalue weighted by Gasteiger charge is -2.27. The summed E-state index contributed by atoms with van der Waals surface area (Å²) in [4.78, 5) is 23.2. The summed E-state index contributed by atoms with van der Waals surface area (Å²) in [6.45, 7) is 6.81. The molecule has 1 fully saturated rings. The first-order valence-corrected chi connectivity index (χ1v) is 7.33. The summed E-state index contributed by atoms with van der Waals surface area (Å²) in [6, 6.07) is -0.172. The zero-order chi connectivity index (χ0) is 15.6. The van der Waals surface area contributed by atoms with Crippen molar-refractivity contribution in [2.45, 2.75) is 45.6 Å². The summed E-state index contributed by atoms with van der Waals surface area (Å²) >= 11 is 0. The predicted molar refractivity (Wildman–Crippen MR) is 83.1 cm³/mol. The summed E-state index contributed by atoms with van der Waals surface area (Å²) in [5.74, 6) is 7.93. The summed E-state index contributed by atoms with van der Waals surface area (Å²) in [5, 5.41) is 2.73. The van der Waals surface area contributed by atoms with Gasteiger partial charge in [-0.25, -0.2) is 15.8 Å². The van der Waals surface area contributed by atoms with Crippen LogP contribution >= 0.6 is 0 Å². The number of likely N-dealkylation sites (N-methyl/N-ethyl adjacent to an activating group) is 1. The molecule has 0 radical (unpaired) electrons. The molecule has 1 aromatic rings. The molecule has 2 heterocycles. The summed E-state index contributed by atoms with van der Waals surface area (Å²) in [6.07, 6.45) is 1.81. The molecule has 1 unspecified atom stereocenters. The highest BCUT2D eigenvalue weighted by atomic mass is 16.2. The largest absolute Gasteiger partial charge is 0.357 e. The Morgan fingerprint density at radius 3 is 2.71 bits per heavy atom. The molecule has 0 aromatic carbocycles. The minimum atomic E-state index is -0.172. The number of amides is 1. The maximum atomic E-state index is 12.0. The Hall–Kier alpha value is -1.89. The van der Waals surface area contributed by atoms with Crippen molar-refractivity contribution in [3.8, 4) is 0 Å². The summed E-state index contributed by atoms with van der Waals surface area (Å²) in [7, 11) is 1.66. The van der Waals surface area contributed by atoms with Crippen LogP contribution in [0, 0.1) is 6.92 Å². The zero-order valence-corrected chi connectivity index (χ0v) is 13.1. The molecule has 1 aromatic heterocycles. The number of nitrogen functional groups attached to an aromatic ring is 1. The van der Waals surface area contributed by atoms with Crippen LogP contribution in [0.4, 0.5) is 11.6 Å². The zero-order valence-electron chi connectivity index (χ0n) is 13.1. The van der Waals surface area contributed by atoms with E-state index in [2.05, 4.69) is 25.6 Å². The molecule has 2 rings (SSSR count). The molecule has 21 heavy (non-hydrogen) atoms. The highest BCUT2D eigenvalue weighted by Crippen LogP contribution is 2.31. The maximum absolute atomic E-state index is 12.0. The molecule has 1 aliphatic rings. The van der Waals surface area contributed by atoms with Crippen LogP contribution in [0.5, 0.6) is 0 Å². The van der Waals surface area contributed by atoms with Crippen LogP contribution in [-0.4, -0.2) is 35.5 Å². The Kier molecular flexibility index (Phi) is 4.62. The van der Waals surface area contributed by atoms with Gasteiger partial charge in [0.15, 0.2) is 0 Å². The van der Waals surface area contributed by atoms with E-state index in [1.54, 1.807) is 7.05 Å². The van der Waals surface area contributed by atoms with Gasteiger partial charge in [0.1, 0.15) is 23.5 Å². The van der Waals surface area contributed by atoms with Gasteiger partial charge < -0.3 is 15.6 Å². The van der Waals surface area contributed by atoms with Gasteiger partial charge in [-0.2, -0.15) is 0 Å². The predicted octanol–water partition coefficient (Wildman–Crippen LogP) is 0.909. The molecule has 1 atom stereocenters. The Morgan fingerprint density at radius 2 is 2.14 bits per heavy atom. The number of carbonyl (C=O) groups is 1. The average molecular weight is 292 g/mol. The first-order chi connectivity index (χ1) is 9.99. The molecule has 0 bridgehead atoms. The molecule has 0 saturated carbocycles. The Balaban J connectivity index is 2.46. The Bertz CT molecular complexity index is 530. The number of nitrogens with two attached hydrogens (primary N) is 1. The fraction of sp³-hybridized carbons (Fsp3) is 0.643. The van der Waals surface area contributed by atoms with Crippen LogP contribution in [-0.2, 0) is 4.79 Å². The van der Waals surface area contributed by atoms with Crippen molar-refractivity contribution in [3.63, 3.8) is 0 Å².